The van der Waals surface area contributed by atoms with E-state index < -0.39 is 24.3 Å². The summed E-state index contributed by atoms with van der Waals surface area (Å²) in [4.78, 5) is 0. The van der Waals surface area contributed by atoms with Gasteiger partial charge < -0.3 is 25.3 Å². The predicted octanol–water partition coefficient (Wildman–Crippen LogP) is 1.73. The number of hydrogen-bond donors (Lipinski definition) is 3. The Kier molecular flexibility index (Phi) is 3.29. The van der Waals surface area contributed by atoms with Crippen molar-refractivity contribution in [3.63, 3.8) is 0 Å². The quantitative estimate of drug-likeness (QED) is 0.709. The first-order valence-corrected chi connectivity index (χ1v) is 6.26. The van der Waals surface area contributed by atoms with E-state index in [0.29, 0.717) is 5.56 Å². The Morgan fingerprint density at radius 1 is 1.00 bits per heavy atom. The lowest BCUT2D eigenvalue weighted by Crippen LogP contribution is -2.41. The molecule has 0 spiro atoms. The molecule has 1 aromatic carbocycles. The molecule has 1 saturated heterocycles. The van der Waals surface area contributed by atoms with Crippen LogP contribution in [-0.4, -0.2) is 28.5 Å². The molecule has 1 aliphatic rings. The van der Waals surface area contributed by atoms with Crippen molar-refractivity contribution in [3.05, 3.63) is 23.8 Å². The molecule has 104 valence electrons. The average molecular weight is 265 g/mol. The maximum Gasteiger partial charge on any atom is 0.480 e. The highest BCUT2D eigenvalue weighted by Crippen LogP contribution is 2.40. The minimum Gasteiger partial charge on any atom is -0.508 e. The second kappa shape index (κ2) is 4.40. The summed E-state index contributed by atoms with van der Waals surface area (Å²) in [7, 11) is -0.619. The van der Waals surface area contributed by atoms with Gasteiger partial charge in [-0.05, 0) is 45.4 Å². The summed E-state index contributed by atoms with van der Waals surface area (Å²) in [5, 5.41) is 19.0. The van der Waals surface area contributed by atoms with Crippen molar-refractivity contribution >= 4 is 7.12 Å². The van der Waals surface area contributed by atoms with Gasteiger partial charge >= 0.3 is 7.12 Å². The van der Waals surface area contributed by atoms with Gasteiger partial charge in [0.25, 0.3) is 0 Å². The van der Waals surface area contributed by atoms with E-state index in [2.05, 4.69) is 0 Å². The molecule has 1 atom stereocenters. The van der Waals surface area contributed by atoms with Gasteiger partial charge in [0.1, 0.15) is 11.5 Å². The fourth-order valence-electron chi connectivity index (χ4n) is 2.00. The van der Waals surface area contributed by atoms with E-state index in [1.165, 1.54) is 18.2 Å². The van der Waals surface area contributed by atoms with E-state index in [1.807, 2.05) is 27.7 Å². The number of rotatable bonds is 2. The van der Waals surface area contributed by atoms with Gasteiger partial charge in [-0.15, -0.1) is 0 Å². The Morgan fingerprint density at radius 3 is 1.84 bits per heavy atom. The molecular formula is C13H20BNO4. The molecule has 5 nitrogen and oxygen atoms in total. The average Bonchev–Trinajstić information content (AvgIpc) is 2.45. The highest BCUT2D eigenvalue weighted by molar-refractivity contribution is 6.47. The predicted molar refractivity (Wildman–Crippen MR) is 72.8 cm³/mol. The largest absolute Gasteiger partial charge is 0.508 e. The van der Waals surface area contributed by atoms with Crippen LogP contribution in [0, 0.1) is 0 Å². The molecule has 6 heteroatoms. The second-order valence-electron chi connectivity index (χ2n) is 5.93. The molecule has 0 aliphatic carbocycles. The lowest BCUT2D eigenvalue weighted by Gasteiger charge is -2.32. The highest BCUT2D eigenvalue weighted by Gasteiger charge is 2.53. The molecular weight excluding hydrogens is 245 g/mol. The first-order chi connectivity index (χ1) is 8.62. The summed E-state index contributed by atoms with van der Waals surface area (Å²) in [6.07, 6.45) is 0. The van der Waals surface area contributed by atoms with Crippen LogP contribution in [-0.2, 0) is 9.31 Å². The summed E-state index contributed by atoms with van der Waals surface area (Å²) >= 11 is 0. The maximum atomic E-state index is 9.49. The van der Waals surface area contributed by atoms with E-state index in [0.717, 1.165) is 0 Å². The van der Waals surface area contributed by atoms with Crippen LogP contribution in [0.5, 0.6) is 11.5 Å². The standard InChI is InChI=1S/C13H20BNO4/c1-12(2)13(3,4)19-14(18-12)11(15)8-5-9(16)7-10(17)6-8/h5-7,11,16-17H,15H2,1-4H3/t11-/m1/s1. The summed E-state index contributed by atoms with van der Waals surface area (Å²) in [5.41, 5.74) is 5.75. The maximum absolute atomic E-state index is 9.49. The molecule has 1 heterocycles. The van der Waals surface area contributed by atoms with Crippen molar-refractivity contribution in [2.24, 2.45) is 5.73 Å². The number of nitrogens with two attached hydrogens (primary N) is 1. The van der Waals surface area contributed by atoms with Crippen LogP contribution < -0.4 is 5.73 Å². The monoisotopic (exact) mass is 265 g/mol. The molecule has 1 aliphatic heterocycles. The normalized spacial score (nSPS) is 22.5. The molecule has 0 unspecified atom stereocenters. The van der Waals surface area contributed by atoms with Crippen molar-refractivity contribution in [2.75, 3.05) is 0 Å². The molecule has 1 aromatic rings. The molecule has 2 rings (SSSR count). The van der Waals surface area contributed by atoms with Crippen LogP contribution in [0.1, 0.15) is 39.2 Å². The highest BCUT2D eigenvalue weighted by atomic mass is 16.7. The molecule has 0 bridgehead atoms. The molecule has 0 radical (unpaired) electrons. The Morgan fingerprint density at radius 2 is 1.42 bits per heavy atom. The topological polar surface area (TPSA) is 84.9 Å². The van der Waals surface area contributed by atoms with Gasteiger partial charge in [0.15, 0.2) is 0 Å². The van der Waals surface area contributed by atoms with Gasteiger partial charge in [-0.3, -0.25) is 0 Å². The van der Waals surface area contributed by atoms with E-state index in [-0.39, 0.29) is 11.5 Å². The van der Waals surface area contributed by atoms with Gasteiger partial charge in [-0.25, -0.2) is 0 Å². The number of phenols is 2. The van der Waals surface area contributed by atoms with Crippen LogP contribution in [0.25, 0.3) is 0 Å². The van der Waals surface area contributed by atoms with E-state index in [1.54, 1.807) is 0 Å². The molecule has 19 heavy (non-hydrogen) atoms. The first kappa shape index (κ1) is 14.2. The molecule has 1 fully saturated rings. The Labute approximate surface area is 113 Å². The van der Waals surface area contributed by atoms with Crippen LogP contribution in [0.3, 0.4) is 0 Å². The summed E-state index contributed by atoms with van der Waals surface area (Å²) < 4.78 is 11.7. The van der Waals surface area contributed by atoms with Gasteiger partial charge in [-0.1, -0.05) is 0 Å². The number of hydrogen-bond acceptors (Lipinski definition) is 5. The fourth-order valence-corrected chi connectivity index (χ4v) is 2.00. The SMILES string of the molecule is CC1(C)OB([C@H](N)c2cc(O)cc(O)c2)OC1(C)C. The minimum atomic E-state index is -0.619. The van der Waals surface area contributed by atoms with Gasteiger partial charge in [0, 0.05) is 6.07 Å². The molecule has 0 amide bonds. The number of phenolic OH excluding ortho intramolecular Hbond substituents is 2. The van der Waals surface area contributed by atoms with E-state index in [9.17, 15) is 10.2 Å². The molecule has 0 aromatic heterocycles. The summed E-state index contributed by atoms with van der Waals surface area (Å²) in [5.74, 6) is -0.664. The number of aromatic hydroxyl groups is 2. The van der Waals surface area contributed by atoms with Crippen LogP contribution in [0.15, 0.2) is 18.2 Å². The zero-order valence-electron chi connectivity index (χ0n) is 11.7. The van der Waals surface area contributed by atoms with Gasteiger partial charge in [-0.2, -0.15) is 0 Å². The van der Waals surface area contributed by atoms with Crippen molar-refractivity contribution in [1.29, 1.82) is 0 Å². The van der Waals surface area contributed by atoms with Crippen molar-refractivity contribution in [3.8, 4) is 11.5 Å². The third-order valence-corrected chi connectivity index (χ3v) is 3.87. The van der Waals surface area contributed by atoms with Gasteiger partial charge in [0.2, 0.25) is 0 Å². The summed E-state index contributed by atoms with van der Waals surface area (Å²) in [6.45, 7) is 7.78. The minimum absolute atomic E-state index is 0.0398. The van der Waals surface area contributed by atoms with Crippen LogP contribution in [0.2, 0.25) is 0 Å². The Balaban J connectivity index is 2.24. The lowest BCUT2D eigenvalue weighted by molar-refractivity contribution is 0.00578. The lowest BCUT2D eigenvalue weighted by atomic mass is 9.75. The van der Waals surface area contributed by atoms with Crippen LogP contribution in [0.4, 0.5) is 0 Å². The van der Waals surface area contributed by atoms with Crippen molar-refractivity contribution in [2.45, 2.75) is 44.8 Å². The molecule has 0 saturated carbocycles. The van der Waals surface area contributed by atoms with Crippen molar-refractivity contribution in [1.82, 2.24) is 0 Å². The zero-order chi connectivity index (χ0) is 14.4. The van der Waals surface area contributed by atoms with Crippen molar-refractivity contribution < 1.29 is 19.5 Å². The third-order valence-electron chi connectivity index (χ3n) is 3.87. The van der Waals surface area contributed by atoms with Crippen LogP contribution >= 0.6 is 0 Å². The molecule has 4 N–H and O–H groups in total. The van der Waals surface area contributed by atoms with E-state index in [4.69, 9.17) is 15.0 Å². The Hall–Kier alpha value is -1.24. The second-order valence-corrected chi connectivity index (χ2v) is 5.93. The van der Waals surface area contributed by atoms with Gasteiger partial charge in [0.05, 0.1) is 17.1 Å². The zero-order valence-corrected chi connectivity index (χ0v) is 11.7. The fraction of sp³-hybridized carbons (Fsp3) is 0.538. The first-order valence-electron chi connectivity index (χ1n) is 6.26. The summed E-state index contributed by atoms with van der Waals surface area (Å²) in [6, 6.07) is 4.24. The Bertz CT molecular complexity index is 453. The third kappa shape index (κ3) is 2.56. The van der Waals surface area contributed by atoms with E-state index >= 15 is 0 Å². The number of benzene rings is 1. The smallest absolute Gasteiger partial charge is 0.480 e.